The zero-order chi connectivity index (χ0) is 20.4. The van der Waals surface area contributed by atoms with Gasteiger partial charge < -0.3 is 9.47 Å². The van der Waals surface area contributed by atoms with E-state index in [0.29, 0.717) is 40.0 Å². The Bertz CT molecular complexity index is 1280. The summed E-state index contributed by atoms with van der Waals surface area (Å²) in [5.41, 5.74) is 2.69. The molecule has 0 aliphatic carbocycles. The normalized spacial score (nSPS) is 11.9. The van der Waals surface area contributed by atoms with Gasteiger partial charge in [0.1, 0.15) is 0 Å². The monoisotopic (exact) mass is 407 g/mol. The van der Waals surface area contributed by atoms with Crippen LogP contribution < -0.4 is 19.6 Å². The Morgan fingerprint density at radius 3 is 2.55 bits per heavy atom. The molecule has 2 heterocycles. The SMILES string of the molecule is CCOc1ccc(/C=c2/sc3nc(-c4ccccc4C)nn3c2=O)cc1OCC. The van der Waals surface area contributed by atoms with Crippen LogP contribution in [0.15, 0.2) is 47.3 Å². The second kappa shape index (κ2) is 8.05. The van der Waals surface area contributed by atoms with Crippen molar-refractivity contribution < 1.29 is 9.47 Å². The Hall–Kier alpha value is -3.19. The lowest BCUT2D eigenvalue weighted by Gasteiger charge is -2.11. The van der Waals surface area contributed by atoms with Crippen LogP contribution in [0.25, 0.3) is 22.4 Å². The van der Waals surface area contributed by atoms with Crippen molar-refractivity contribution in [3.05, 3.63) is 68.5 Å². The maximum Gasteiger partial charge on any atom is 0.291 e. The first-order chi connectivity index (χ1) is 14.1. The Kier molecular flexibility index (Phi) is 5.31. The van der Waals surface area contributed by atoms with Crippen LogP contribution in [0, 0.1) is 6.92 Å². The van der Waals surface area contributed by atoms with Crippen LogP contribution in [0.1, 0.15) is 25.0 Å². The van der Waals surface area contributed by atoms with Gasteiger partial charge in [0, 0.05) is 5.56 Å². The molecule has 6 nitrogen and oxygen atoms in total. The van der Waals surface area contributed by atoms with Gasteiger partial charge in [0.05, 0.1) is 17.7 Å². The minimum absolute atomic E-state index is 0.177. The van der Waals surface area contributed by atoms with E-state index in [1.54, 1.807) is 0 Å². The standard InChI is InChI=1S/C22H21N3O3S/c1-4-27-17-11-10-15(12-18(17)28-5-2)13-19-21(26)25-22(29-19)23-20(24-25)16-9-7-6-8-14(16)3/h6-13H,4-5H2,1-3H3/b19-13+. The van der Waals surface area contributed by atoms with Gasteiger partial charge in [-0.05, 0) is 50.1 Å². The number of hydrogen-bond acceptors (Lipinski definition) is 6. The molecule has 0 bridgehead atoms. The predicted octanol–water partition coefficient (Wildman–Crippen LogP) is 3.47. The van der Waals surface area contributed by atoms with Crippen molar-refractivity contribution in [2.24, 2.45) is 0 Å². The van der Waals surface area contributed by atoms with Gasteiger partial charge in [-0.25, -0.2) is 0 Å². The van der Waals surface area contributed by atoms with E-state index in [-0.39, 0.29) is 5.56 Å². The average Bonchev–Trinajstić information content (AvgIpc) is 3.24. The lowest BCUT2D eigenvalue weighted by molar-refractivity contribution is 0.287. The molecule has 7 heteroatoms. The summed E-state index contributed by atoms with van der Waals surface area (Å²) in [6.07, 6.45) is 1.83. The van der Waals surface area contributed by atoms with Gasteiger partial charge in [0.2, 0.25) is 4.96 Å². The molecule has 148 valence electrons. The summed E-state index contributed by atoms with van der Waals surface area (Å²) in [6, 6.07) is 13.5. The molecule has 4 aromatic rings. The van der Waals surface area contributed by atoms with Gasteiger partial charge in [0.25, 0.3) is 5.56 Å². The third-order valence-electron chi connectivity index (χ3n) is 4.43. The van der Waals surface area contributed by atoms with Crippen molar-refractivity contribution >= 4 is 22.4 Å². The van der Waals surface area contributed by atoms with Crippen LogP contribution in [-0.4, -0.2) is 27.8 Å². The molecule has 0 spiro atoms. The molecule has 29 heavy (non-hydrogen) atoms. The van der Waals surface area contributed by atoms with Crippen LogP contribution in [0.4, 0.5) is 0 Å². The number of fused-ring (bicyclic) bond motifs is 1. The largest absolute Gasteiger partial charge is 0.490 e. The third kappa shape index (κ3) is 3.73. The summed E-state index contributed by atoms with van der Waals surface area (Å²) < 4.78 is 13.2. The molecule has 0 aliphatic heterocycles. The first-order valence-corrected chi connectivity index (χ1v) is 10.3. The highest BCUT2D eigenvalue weighted by Crippen LogP contribution is 2.28. The van der Waals surface area contributed by atoms with Crippen molar-refractivity contribution in [2.45, 2.75) is 20.8 Å². The van der Waals surface area contributed by atoms with Crippen molar-refractivity contribution in [3.63, 3.8) is 0 Å². The summed E-state index contributed by atoms with van der Waals surface area (Å²) >= 11 is 1.32. The Labute approximate surface area is 172 Å². The summed E-state index contributed by atoms with van der Waals surface area (Å²) in [4.78, 5) is 18.0. The summed E-state index contributed by atoms with van der Waals surface area (Å²) in [5.74, 6) is 1.92. The first kappa shape index (κ1) is 19.1. The van der Waals surface area contributed by atoms with Crippen LogP contribution in [-0.2, 0) is 0 Å². The number of benzene rings is 2. The Balaban J connectivity index is 1.75. The van der Waals surface area contributed by atoms with E-state index >= 15 is 0 Å². The van der Waals surface area contributed by atoms with Gasteiger partial charge in [-0.15, -0.1) is 5.10 Å². The number of thiazole rings is 1. The average molecular weight is 407 g/mol. The van der Waals surface area contributed by atoms with Crippen LogP contribution in [0.5, 0.6) is 11.5 Å². The molecule has 0 unspecified atom stereocenters. The molecule has 0 saturated carbocycles. The fourth-order valence-corrected chi connectivity index (χ4v) is 3.99. The fourth-order valence-electron chi connectivity index (χ4n) is 3.08. The van der Waals surface area contributed by atoms with E-state index < -0.39 is 0 Å². The quantitative estimate of drug-likeness (QED) is 0.490. The minimum atomic E-state index is -0.177. The van der Waals surface area contributed by atoms with Crippen LogP contribution in [0.3, 0.4) is 0 Å². The van der Waals surface area contributed by atoms with Gasteiger partial charge in [0.15, 0.2) is 17.3 Å². The number of aryl methyl sites for hydroxylation is 1. The molecule has 0 radical (unpaired) electrons. The second-order valence-electron chi connectivity index (χ2n) is 6.43. The fraction of sp³-hybridized carbons (Fsp3) is 0.227. The molecule has 0 amide bonds. The maximum absolute atomic E-state index is 12.8. The molecule has 0 fully saturated rings. The molecule has 0 N–H and O–H groups in total. The molecule has 0 atom stereocenters. The number of hydrogen-bond donors (Lipinski definition) is 0. The summed E-state index contributed by atoms with van der Waals surface area (Å²) in [7, 11) is 0. The van der Waals surface area contributed by atoms with Gasteiger partial charge in [-0.3, -0.25) is 4.79 Å². The highest BCUT2D eigenvalue weighted by Gasteiger charge is 2.13. The lowest BCUT2D eigenvalue weighted by atomic mass is 10.1. The smallest absolute Gasteiger partial charge is 0.291 e. The predicted molar refractivity (Wildman–Crippen MR) is 115 cm³/mol. The summed E-state index contributed by atoms with van der Waals surface area (Å²) in [5, 5.41) is 4.43. The topological polar surface area (TPSA) is 65.7 Å². The van der Waals surface area contributed by atoms with Gasteiger partial charge >= 0.3 is 0 Å². The second-order valence-corrected chi connectivity index (χ2v) is 7.44. The van der Waals surface area contributed by atoms with Crippen molar-refractivity contribution in [1.82, 2.24) is 14.6 Å². The Morgan fingerprint density at radius 1 is 1.07 bits per heavy atom. The van der Waals surface area contributed by atoms with Crippen LogP contribution in [0.2, 0.25) is 0 Å². The van der Waals surface area contributed by atoms with Crippen molar-refractivity contribution in [2.75, 3.05) is 13.2 Å². The maximum atomic E-state index is 12.8. The van der Waals surface area contributed by atoms with Gasteiger partial charge in [-0.1, -0.05) is 41.7 Å². The molecular weight excluding hydrogens is 386 g/mol. The zero-order valence-electron chi connectivity index (χ0n) is 16.5. The van der Waals surface area contributed by atoms with E-state index in [2.05, 4.69) is 10.1 Å². The van der Waals surface area contributed by atoms with Gasteiger partial charge in [-0.2, -0.15) is 9.50 Å². The lowest BCUT2D eigenvalue weighted by Crippen LogP contribution is -2.23. The highest BCUT2D eigenvalue weighted by molar-refractivity contribution is 7.15. The van der Waals surface area contributed by atoms with Crippen molar-refractivity contribution in [1.29, 1.82) is 0 Å². The van der Waals surface area contributed by atoms with Crippen LogP contribution >= 0.6 is 11.3 Å². The highest BCUT2D eigenvalue weighted by atomic mass is 32.1. The summed E-state index contributed by atoms with van der Waals surface area (Å²) in [6.45, 7) is 6.95. The minimum Gasteiger partial charge on any atom is -0.490 e. The Morgan fingerprint density at radius 2 is 1.83 bits per heavy atom. The number of nitrogens with zero attached hydrogens (tertiary/aromatic N) is 3. The zero-order valence-corrected chi connectivity index (χ0v) is 17.3. The van der Waals surface area contributed by atoms with Crippen molar-refractivity contribution in [3.8, 4) is 22.9 Å². The van der Waals surface area contributed by atoms with E-state index in [9.17, 15) is 4.79 Å². The number of ether oxygens (including phenoxy) is 2. The first-order valence-electron chi connectivity index (χ1n) is 9.47. The number of rotatable bonds is 6. The molecule has 2 aromatic heterocycles. The molecule has 0 saturated heterocycles. The number of aromatic nitrogens is 3. The molecule has 0 aliphatic rings. The molecule has 4 rings (SSSR count). The van der Waals surface area contributed by atoms with E-state index in [1.807, 2.05) is 69.3 Å². The molecule has 2 aromatic carbocycles. The molecular formula is C22H21N3O3S. The van der Waals surface area contributed by atoms with E-state index in [4.69, 9.17) is 9.47 Å². The third-order valence-corrected chi connectivity index (χ3v) is 5.39. The van der Waals surface area contributed by atoms with E-state index in [0.717, 1.165) is 16.7 Å². The van der Waals surface area contributed by atoms with E-state index in [1.165, 1.54) is 15.9 Å².